The molecule has 0 fully saturated rings. The van der Waals surface area contributed by atoms with Gasteiger partial charge in [0.05, 0.1) is 11.2 Å². The molecule has 7 heteroatoms. The Balaban J connectivity index is 1.71. The molecule has 4 nitrogen and oxygen atoms in total. The summed E-state index contributed by atoms with van der Waals surface area (Å²) in [7, 11) is 0. The van der Waals surface area contributed by atoms with Crippen molar-refractivity contribution in [1.29, 1.82) is 0 Å². The zero-order chi connectivity index (χ0) is 15.2. The van der Waals surface area contributed by atoms with E-state index in [4.69, 9.17) is 4.74 Å². The van der Waals surface area contributed by atoms with Crippen LogP contribution in [-0.2, 0) is 6.54 Å². The molecule has 0 aliphatic carbocycles. The molecule has 114 valence electrons. The van der Waals surface area contributed by atoms with Crippen LogP contribution in [0, 0.1) is 18.6 Å². The van der Waals surface area contributed by atoms with E-state index in [9.17, 15) is 13.9 Å². The van der Waals surface area contributed by atoms with Crippen LogP contribution < -0.4 is 10.1 Å². The number of thiazole rings is 1. The molecule has 1 aromatic carbocycles. The Morgan fingerprint density at radius 1 is 1.38 bits per heavy atom. The second kappa shape index (κ2) is 7.44. The maximum atomic E-state index is 13.0. The summed E-state index contributed by atoms with van der Waals surface area (Å²) in [6, 6.07) is 3.26. The number of aromatic nitrogens is 1. The predicted molar refractivity (Wildman–Crippen MR) is 76.4 cm³/mol. The first-order valence-electron chi connectivity index (χ1n) is 6.42. The lowest BCUT2D eigenvalue weighted by Gasteiger charge is -2.13. The van der Waals surface area contributed by atoms with Crippen molar-refractivity contribution in [2.75, 3.05) is 13.2 Å². The Hall–Kier alpha value is -1.57. The maximum Gasteiger partial charge on any atom is 0.162 e. The lowest BCUT2D eigenvalue weighted by molar-refractivity contribution is 0.106. The molecule has 0 radical (unpaired) electrons. The minimum absolute atomic E-state index is 0.000253. The second-order valence-corrected chi connectivity index (χ2v) is 5.47. The van der Waals surface area contributed by atoms with Crippen molar-refractivity contribution < 1.29 is 18.6 Å². The van der Waals surface area contributed by atoms with Crippen LogP contribution in [-0.4, -0.2) is 29.3 Å². The summed E-state index contributed by atoms with van der Waals surface area (Å²) in [6.45, 7) is 2.88. The lowest BCUT2D eigenvalue weighted by atomic mass is 10.3. The molecule has 1 aromatic heterocycles. The van der Waals surface area contributed by atoms with E-state index in [2.05, 4.69) is 10.3 Å². The van der Waals surface area contributed by atoms with Crippen molar-refractivity contribution in [2.24, 2.45) is 0 Å². The fourth-order valence-corrected chi connectivity index (χ4v) is 2.41. The van der Waals surface area contributed by atoms with Crippen LogP contribution in [0.2, 0.25) is 0 Å². The average Bonchev–Trinajstić information content (AvgIpc) is 2.86. The van der Waals surface area contributed by atoms with Crippen molar-refractivity contribution in [3.8, 4) is 5.75 Å². The summed E-state index contributed by atoms with van der Waals surface area (Å²) in [5, 5.41) is 12.9. The number of aliphatic hydroxyl groups excluding tert-OH is 1. The van der Waals surface area contributed by atoms with Gasteiger partial charge in [0, 0.05) is 24.0 Å². The van der Waals surface area contributed by atoms with E-state index in [1.807, 2.05) is 6.92 Å². The van der Waals surface area contributed by atoms with Crippen molar-refractivity contribution in [3.05, 3.63) is 45.9 Å². The van der Waals surface area contributed by atoms with Gasteiger partial charge in [0.1, 0.15) is 18.5 Å². The molecule has 2 rings (SSSR count). The first-order valence-corrected chi connectivity index (χ1v) is 7.30. The molecule has 0 spiro atoms. The molecule has 21 heavy (non-hydrogen) atoms. The van der Waals surface area contributed by atoms with Crippen LogP contribution >= 0.6 is 11.3 Å². The normalized spacial score (nSPS) is 12.4. The summed E-state index contributed by atoms with van der Waals surface area (Å²) in [4.78, 5) is 5.25. The van der Waals surface area contributed by atoms with Crippen LogP contribution in [0.25, 0.3) is 0 Å². The third-order valence-electron chi connectivity index (χ3n) is 2.84. The number of nitrogens with zero attached hydrogens (tertiary/aromatic N) is 1. The largest absolute Gasteiger partial charge is 0.491 e. The Morgan fingerprint density at radius 3 is 2.86 bits per heavy atom. The third-order valence-corrected chi connectivity index (χ3v) is 3.78. The molecule has 1 unspecified atom stereocenters. The molecule has 0 aliphatic heterocycles. The molecule has 1 atom stereocenters. The SMILES string of the molecule is Cc1ncsc1CNCC(O)COc1ccc(F)c(F)c1. The van der Waals surface area contributed by atoms with Gasteiger partial charge in [-0.2, -0.15) is 0 Å². The summed E-state index contributed by atoms with van der Waals surface area (Å²) in [5.74, 6) is -1.71. The molecule has 2 aromatic rings. The van der Waals surface area contributed by atoms with Gasteiger partial charge in [-0.3, -0.25) is 0 Å². The van der Waals surface area contributed by atoms with Gasteiger partial charge in [0.25, 0.3) is 0 Å². The summed E-state index contributed by atoms with van der Waals surface area (Å²) in [6.07, 6.45) is -0.744. The Morgan fingerprint density at radius 2 is 2.19 bits per heavy atom. The first-order chi connectivity index (χ1) is 10.1. The zero-order valence-electron chi connectivity index (χ0n) is 11.5. The summed E-state index contributed by atoms with van der Waals surface area (Å²) >= 11 is 1.55. The number of hydrogen-bond acceptors (Lipinski definition) is 5. The maximum absolute atomic E-state index is 13.0. The fraction of sp³-hybridized carbons (Fsp3) is 0.357. The minimum atomic E-state index is -0.971. The number of ether oxygens (including phenoxy) is 1. The monoisotopic (exact) mass is 314 g/mol. The standard InChI is InChI=1S/C14H16F2N2O2S/c1-9-14(21-8-18-9)6-17-5-10(19)7-20-11-2-3-12(15)13(16)4-11/h2-4,8,10,17,19H,5-7H2,1H3. The minimum Gasteiger partial charge on any atom is -0.491 e. The second-order valence-electron chi connectivity index (χ2n) is 4.53. The molecule has 0 amide bonds. The third kappa shape index (κ3) is 4.73. The van der Waals surface area contributed by atoms with Crippen LogP contribution in [0.4, 0.5) is 8.78 Å². The topological polar surface area (TPSA) is 54.4 Å². The van der Waals surface area contributed by atoms with E-state index in [0.717, 1.165) is 22.7 Å². The Kier molecular flexibility index (Phi) is 5.60. The van der Waals surface area contributed by atoms with E-state index >= 15 is 0 Å². The van der Waals surface area contributed by atoms with E-state index in [1.54, 1.807) is 16.8 Å². The van der Waals surface area contributed by atoms with Gasteiger partial charge in [0.15, 0.2) is 11.6 Å². The molecular weight excluding hydrogens is 298 g/mol. The Labute approximate surface area is 125 Å². The highest BCUT2D eigenvalue weighted by Crippen LogP contribution is 2.15. The number of benzene rings is 1. The predicted octanol–water partition coefficient (Wildman–Crippen LogP) is 2.26. The Bertz CT molecular complexity index is 592. The summed E-state index contributed by atoms with van der Waals surface area (Å²) in [5.41, 5.74) is 2.75. The zero-order valence-corrected chi connectivity index (χ0v) is 12.3. The molecule has 0 bridgehead atoms. The van der Waals surface area contributed by atoms with Crippen LogP contribution in [0.15, 0.2) is 23.7 Å². The lowest BCUT2D eigenvalue weighted by Crippen LogP contribution is -2.31. The van der Waals surface area contributed by atoms with Gasteiger partial charge in [0.2, 0.25) is 0 Å². The highest BCUT2D eigenvalue weighted by Gasteiger charge is 2.08. The molecule has 0 saturated carbocycles. The van der Waals surface area contributed by atoms with Gasteiger partial charge in [-0.05, 0) is 19.1 Å². The number of hydrogen-bond donors (Lipinski definition) is 2. The number of aryl methyl sites for hydroxylation is 1. The number of halogens is 2. The quantitative estimate of drug-likeness (QED) is 0.823. The molecule has 2 N–H and O–H groups in total. The van der Waals surface area contributed by atoms with Crippen molar-refractivity contribution in [2.45, 2.75) is 19.6 Å². The molecule has 1 heterocycles. The fourth-order valence-electron chi connectivity index (χ4n) is 1.67. The summed E-state index contributed by atoms with van der Waals surface area (Å²) < 4.78 is 30.9. The average molecular weight is 314 g/mol. The smallest absolute Gasteiger partial charge is 0.162 e. The van der Waals surface area contributed by atoms with Gasteiger partial charge in [-0.15, -0.1) is 11.3 Å². The van der Waals surface area contributed by atoms with Gasteiger partial charge < -0.3 is 15.2 Å². The molecule has 0 saturated heterocycles. The highest BCUT2D eigenvalue weighted by molar-refractivity contribution is 7.09. The van der Waals surface area contributed by atoms with E-state index in [1.165, 1.54) is 6.07 Å². The van der Waals surface area contributed by atoms with Gasteiger partial charge in [-0.25, -0.2) is 13.8 Å². The van der Waals surface area contributed by atoms with Crippen molar-refractivity contribution in [3.63, 3.8) is 0 Å². The number of nitrogens with one attached hydrogen (secondary N) is 1. The van der Waals surface area contributed by atoms with Crippen molar-refractivity contribution in [1.82, 2.24) is 10.3 Å². The highest BCUT2D eigenvalue weighted by atomic mass is 32.1. The van der Waals surface area contributed by atoms with E-state index in [-0.39, 0.29) is 12.4 Å². The molecule has 0 aliphatic rings. The van der Waals surface area contributed by atoms with E-state index < -0.39 is 17.7 Å². The van der Waals surface area contributed by atoms with Crippen LogP contribution in [0.5, 0.6) is 5.75 Å². The van der Waals surface area contributed by atoms with E-state index in [0.29, 0.717) is 13.1 Å². The van der Waals surface area contributed by atoms with Gasteiger partial charge in [-0.1, -0.05) is 0 Å². The van der Waals surface area contributed by atoms with Gasteiger partial charge >= 0.3 is 0 Å². The number of aliphatic hydroxyl groups is 1. The first kappa shape index (κ1) is 15.8. The van der Waals surface area contributed by atoms with Crippen LogP contribution in [0.3, 0.4) is 0 Å². The van der Waals surface area contributed by atoms with Crippen molar-refractivity contribution >= 4 is 11.3 Å². The van der Waals surface area contributed by atoms with Crippen LogP contribution in [0.1, 0.15) is 10.6 Å². The number of rotatable bonds is 7. The molecular formula is C14H16F2N2O2S.